The van der Waals surface area contributed by atoms with Gasteiger partial charge in [0.15, 0.2) is 5.69 Å². The fourth-order valence-corrected chi connectivity index (χ4v) is 3.99. The van der Waals surface area contributed by atoms with Crippen LogP contribution in [0.3, 0.4) is 0 Å². The number of hydrogen-bond acceptors (Lipinski definition) is 5. The lowest BCUT2D eigenvalue weighted by Gasteiger charge is -2.27. The molecule has 0 radical (unpaired) electrons. The molecule has 2 amide bonds. The van der Waals surface area contributed by atoms with Crippen molar-refractivity contribution in [2.75, 3.05) is 11.9 Å². The van der Waals surface area contributed by atoms with Gasteiger partial charge in [0.2, 0.25) is 5.89 Å². The number of urea groups is 1. The monoisotopic (exact) mass is 446 g/mol. The Morgan fingerprint density at radius 3 is 2.55 bits per heavy atom. The molecule has 2 aromatic carbocycles. The first-order chi connectivity index (χ1) is 16.0. The first-order valence-corrected chi connectivity index (χ1v) is 10.8. The van der Waals surface area contributed by atoms with Crippen molar-refractivity contribution in [3.63, 3.8) is 0 Å². The number of halogens is 1. The van der Waals surface area contributed by atoms with Crippen LogP contribution in [0.1, 0.15) is 23.7 Å². The van der Waals surface area contributed by atoms with Crippen molar-refractivity contribution in [2.24, 2.45) is 7.05 Å². The van der Waals surface area contributed by atoms with Crippen molar-refractivity contribution in [2.45, 2.75) is 26.3 Å². The van der Waals surface area contributed by atoms with Crippen LogP contribution in [-0.4, -0.2) is 37.5 Å². The van der Waals surface area contributed by atoms with Crippen molar-refractivity contribution in [3.8, 4) is 23.0 Å². The number of fused-ring (bicyclic) bond motifs is 1. The third-order valence-electron chi connectivity index (χ3n) is 5.86. The van der Waals surface area contributed by atoms with Crippen LogP contribution in [0.5, 0.6) is 0 Å². The van der Waals surface area contributed by atoms with Gasteiger partial charge in [-0.3, -0.25) is 4.68 Å². The highest BCUT2D eigenvalue weighted by Gasteiger charge is 2.29. The molecular formula is C24H23FN6O2. The largest absolute Gasteiger partial charge is 0.415 e. The summed E-state index contributed by atoms with van der Waals surface area (Å²) in [6, 6.07) is 13.5. The van der Waals surface area contributed by atoms with E-state index in [4.69, 9.17) is 4.42 Å². The molecule has 0 saturated carbocycles. The molecule has 0 fully saturated rings. The fraction of sp³-hybridized carbons (Fsp3) is 0.250. The van der Waals surface area contributed by atoms with Crippen LogP contribution in [0.2, 0.25) is 0 Å². The van der Waals surface area contributed by atoms with Crippen molar-refractivity contribution >= 4 is 11.7 Å². The molecule has 0 aliphatic carbocycles. The minimum absolute atomic E-state index is 0.169. The van der Waals surface area contributed by atoms with E-state index in [1.165, 1.54) is 17.7 Å². The molecule has 0 spiro atoms. The number of carbonyl (C=O) groups is 1. The van der Waals surface area contributed by atoms with E-state index in [1.54, 1.807) is 21.7 Å². The highest BCUT2D eigenvalue weighted by Crippen LogP contribution is 2.31. The average molecular weight is 446 g/mol. The first kappa shape index (κ1) is 20.9. The number of benzene rings is 2. The number of carbonyl (C=O) groups excluding carboxylic acids is 1. The Kier molecular flexibility index (Phi) is 5.37. The van der Waals surface area contributed by atoms with Gasteiger partial charge in [0.05, 0.1) is 6.54 Å². The number of nitrogens with one attached hydrogen (secondary N) is 1. The van der Waals surface area contributed by atoms with Gasteiger partial charge in [0, 0.05) is 42.5 Å². The van der Waals surface area contributed by atoms with Gasteiger partial charge in [-0.15, -0.1) is 10.2 Å². The maximum atomic E-state index is 13.2. The number of aromatic nitrogens is 4. The van der Waals surface area contributed by atoms with E-state index in [0.717, 1.165) is 23.4 Å². The second kappa shape index (κ2) is 8.50. The van der Waals surface area contributed by atoms with Crippen LogP contribution in [0.15, 0.2) is 52.9 Å². The molecule has 168 valence electrons. The number of aryl methyl sites for hydroxylation is 2. The average Bonchev–Trinajstić information content (AvgIpc) is 3.45. The summed E-state index contributed by atoms with van der Waals surface area (Å²) >= 11 is 0. The predicted molar refractivity (Wildman–Crippen MR) is 121 cm³/mol. The van der Waals surface area contributed by atoms with E-state index < -0.39 is 0 Å². The number of nitrogens with zero attached hydrogens (tertiary/aromatic N) is 5. The van der Waals surface area contributed by atoms with E-state index in [0.29, 0.717) is 30.8 Å². The van der Waals surface area contributed by atoms with Crippen molar-refractivity contribution in [1.82, 2.24) is 24.9 Å². The Hall–Kier alpha value is -4.01. The quantitative estimate of drug-likeness (QED) is 0.501. The van der Waals surface area contributed by atoms with E-state index in [1.807, 2.05) is 31.3 Å². The van der Waals surface area contributed by atoms with Crippen LogP contribution in [-0.2, 0) is 26.4 Å². The van der Waals surface area contributed by atoms with Crippen LogP contribution in [0.25, 0.3) is 23.0 Å². The molecule has 5 rings (SSSR count). The Balaban J connectivity index is 1.37. The fourth-order valence-electron chi connectivity index (χ4n) is 3.99. The minimum atomic E-state index is -0.336. The number of amides is 2. The van der Waals surface area contributed by atoms with Gasteiger partial charge in [0.1, 0.15) is 5.82 Å². The topological polar surface area (TPSA) is 89.1 Å². The molecule has 2 aromatic heterocycles. The predicted octanol–water partition coefficient (Wildman–Crippen LogP) is 4.43. The number of rotatable bonds is 4. The van der Waals surface area contributed by atoms with E-state index in [2.05, 4.69) is 27.5 Å². The molecule has 0 unspecified atom stereocenters. The highest BCUT2D eigenvalue weighted by molar-refractivity contribution is 5.89. The lowest BCUT2D eigenvalue weighted by Crippen LogP contribution is -2.39. The van der Waals surface area contributed by atoms with Crippen LogP contribution >= 0.6 is 0 Å². The molecule has 0 atom stereocenters. The molecule has 8 nitrogen and oxygen atoms in total. The van der Waals surface area contributed by atoms with Gasteiger partial charge in [-0.1, -0.05) is 19.1 Å². The van der Waals surface area contributed by atoms with Gasteiger partial charge >= 0.3 is 6.03 Å². The van der Waals surface area contributed by atoms with Gasteiger partial charge in [-0.2, -0.15) is 5.10 Å². The smallest absolute Gasteiger partial charge is 0.322 e. The summed E-state index contributed by atoms with van der Waals surface area (Å²) in [5.41, 5.74) is 5.07. The molecule has 4 aromatic rings. The summed E-state index contributed by atoms with van der Waals surface area (Å²) in [5.74, 6) is 0.214. The van der Waals surface area contributed by atoms with Crippen LogP contribution in [0.4, 0.5) is 14.9 Å². The Labute approximate surface area is 190 Å². The summed E-state index contributed by atoms with van der Waals surface area (Å²) in [6.07, 6.45) is 1.62. The standard InChI is InChI=1S/C24H23FN6O2/c1-3-15-4-10-18(11-5-15)26-24(32)31-13-12-20-19(14-31)21(29-30(20)2)23-28-27-22(33-23)16-6-8-17(25)9-7-16/h4-11H,3,12-14H2,1-2H3,(H,26,32). The highest BCUT2D eigenvalue weighted by atomic mass is 19.1. The molecule has 9 heteroatoms. The molecule has 1 N–H and O–H groups in total. The van der Waals surface area contributed by atoms with Gasteiger partial charge < -0.3 is 14.6 Å². The van der Waals surface area contributed by atoms with Crippen molar-refractivity contribution in [1.29, 1.82) is 0 Å². The van der Waals surface area contributed by atoms with Crippen molar-refractivity contribution in [3.05, 3.63) is 71.2 Å². The van der Waals surface area contributed by atoms with E-state index >= 15 is 0 Å². The second-order valence-electron chi connectivity index (χ2n) is 7.97. The summed E-state index contributed by atoms with van der Waals surface area (Å²) in [7, 11) is 1.87. The third-order valence-corrected chi connectivity index (χ3v) is 5.86. The summed E-state index contributed by atoms with van der Waals surface area (Å²) < 4.78 is 20.9. The number of anilines is 1. The zero-order valence-corrected chi connectivity index (χ0v) is 18.4. The zero-order chi connectivity index (χ0) is 22.9. The summed E-state index contributed by atoms with van der Waals surface area (Å²) in [5, 5.41) is 15.8. The SMILES string of the molecule is CCc1ccc(NC(=O)N2CCc3c(c(-c4nnc(-c5ccc(F)cc5)o4)nn3C)C2)cc1. The lowest BCUT2D eigenvalue weighted by molar-refractivity contribution is 0.206. The van der Waals surface area contributed by atoms with Gasteiger partial charge in [-0.25, -0.2) is 9.18 Å². The molecule has 33 heavy (non-hydrogen) atoms. The lowest BCUT2D eigenvalue weighted by atomic mass is 10.1. The number of hydrogen-bond donors (Lipinski definition) is 1. The van der Waals surface area contributed by atoms with Crippen LogP contribution in [0, 0.1) is 5.82 Å². The Morgan fingerprint density at radius 2 is 1.82 bits per heavy atom. The van der Waals surface area contributed by atoms with Gasteiger partial charge in [-0.05, 0) is 48.4 Å². The van der Waals surface area contributed by atoms with Crippen molar-refractivity contribution < 1.29 is 13.6 Å². The normalized spacial score (nSPS) is 13.1. The van der Waals surface area contributed by atoms with E-state index in [9.17, 15) is 9.18 Å². The maximum Gasteiger partial charge on any atom is 0.322 e. The molecule has 0 bridgehead atoms. The second-order valence-corrected chi connectivity index (χ2v) is 7.97. The van der Waals surface area contributed by atoms with E-state index in [-0.39, 0.29) is 23.6 Å². The molecule has 0 saturated heterocycles. The zero-order valence-electron chi connectivity index (χ0n) is 18.4. The van der Waals surface area contributed by atoms with Gasteiger partial charge in [0.25, 0.3) is 5.89 Å². The summed E-state index contributed by atoms with van der Waals surface area (Å²) in [4.78, 5) is 14.7. The van der Waals surface area contributed by atoms with Crippen LogP contribution < -0.4 is 5.32 Å². The third kappa shape index (κ3) is 4.09. The molecular weight excluding hydrogens is 423 g/mol. The molecule has 3 heterocycles. The molecule has 1 aliphatic heterocycles. The Morgan fingerprint density at radius 1 is 1.09 bits per heavy atom. The molecule has 1 aliphatic rings. The summed E-state index contributed by atoms with van der Waals surface area (Å²) in [6.45, 7) is 3.05. The Bertz CT molecular complexity index is 1290. The maximum absolute atomic E-state index is 13.2. The minimum Gasteiger partial charge on any atom is -0.415 e. The first-order valence-electron chi connectivity index (χ1n) is 10.8.